The van der Waals surface area contributed by atoms with Crippen molar-refractivity contribution in [3.05, 3.63) is 66.4 Å². The van der Waals surface area contributed by atoms with Crippen LogP contribution in [0.25, 0.3) is 11.1 Å². The van der Waals surface area contributed by atoms with E-state index in [0.29, 0.717) is 23.4 Å². The molecule has 3 aromatic rings. The van der Waals surface area contributed by atoms with Crippen molar-refractivity contribution in [3.8, 4) is 17.2 Å². The molecule has 2 fully saturated rings. The van der Waals surface area contributed by atoms with Gasteiger partial charge in [0.15, 0.2) is 0 Å². The maximum absolute atomic E-state index is 11.6. The smallest absolute Gasteiger partial charge is 0.248 e. The van der Waals surface area contributed by atoms with Gasteiger partial charge in [-0.2, -0.15) is 5.26 Å². The summed E-state index contributed by atoms with van der Waals surface area (Å²) in [4.78, 5) is 26.9. The van der Waals surface area contributed by atoms with E-state index in [1.54, 1.807) is 18.5 Å². The quantitative estimate of drug-likeness (QED) is 0.483. The highest BCUT2D eigenvalue weighted by atomic mass is 16.1. The number of pyridine rings is 1. The SMILES string of the molecule is N#Cc1ncc(N2CCC[C@H](C[C@@H]3CCCC[C@H]3Nc3cc(-c4cccc(C(N)=O)c4)ccn3)C2)cn1. The monoisotopic (exact) mass is 495 g/mol. The van der Waals surface area contributed by atoms with Crippen LogP contribution < -0.4 is 16.0 Å². The second kappa shape index (κ2) is 11.4. The number of nitrogens with zero attached hydrogens (tertiary/aromatic N) is 5. The maximum atomic E-state index is 11.6. The normalized spacial score (nSPS) is 21.7. The molecule has 1 amide bonds. The van der Waals surface area contributed by atoms with E-state index in [4.69, 9.17) is 11.0 Å². The zero-order chi connectivity index (χ0) is 25.6. The van der Waals surface area contributed by atoms with Crippen LogP contribution in [0.3, 0.4) is 0 Å². The number of carbonyl (C=O) groups is 1. The Kier molecular flexibility index (Phi) is 7.59. The lowest BCUT2D eigenvalue weighted by atomic mass is 9.77. The fraction of sp³-hybridized carbons (Fsp3) is 0.414. The van der Waals surface area contributed by atoms with Crippen molar-refractivity contribution in [1.29, 1.82) is 5.26 Å². The number of primary amides is 1. The highest BCUT2D eigenvalue weighted by Crippen LogP contribution is 2.35. The Morgan fingerprint density at radius 3 is 2.68 bits per heavy atom. The van der Waals surface area contributed by atoms with Crippen molar-refractivity contribution < 1.29 is 4.79 Å². The number of piperidine rings is 1. The number of anilines is 2. The van der Waals surface area contributed by atoms with Gasteiger partial charge in [-0.05, 0) is 79.3 Å². The lowest BCUT2D eigenvalue weighted by molar-refractivity contribution is 0.100. The Morgan fingerprint density at radius 1 is 1.05 bits per heavy atom. The van der Waals surface area contributed by atoms with Gasteiger partial charge in [0, 0.05) is 30.9 Å². The molecule has 0 spiro atoms. The van der Waals surface area contributed by atoms with Gasteiger partial charge in [-0.3, -0.25) is 4.79 Å². The average Bonchev–Trinajstić information content (AvgIpc) is 2.94. The van der Waals surface area contributed by atoms with Crippen LogP contribution in [-0.4, -0.2) is 40.0 Å². The summed E-state index contributed by atoms with van der Waals surface area (Å²) in [6.07, 6.45) is 13.8. The zero-order valence-electron chi connectivity index (χ0n) is 21.0. The third-order valence-corrected chi connectivity index (χ3v) is 7.74. The van der Waals surface area contributed by atoms with Gasteiger partial charge < -0.3 is 16.0 Å². The summed E-state index contributed by atoms with van der Waals surface area (Å²) >= 11 is 0. The predicted octanol–water partition coefficient (Wildman–Crippen LogP) is 4.79. The molecule has 1 saturated carbocycles. The van der Waals surface area contributed by atoms with E-state index in [1.165, 1.54) is 32.1 Å². The standard InChI is InChI=1S/C29H33N7O/c30-16-28-33-17-25(18-34-28)36-12-4-5-20(19-36)13-23-6-1-2-9-26(23)35-27-15-22(10-11-32-27)21-7-3-8-24(14-21)29(31)37/h3,7-8,10-11,14-15,17-18,20,23,26H,1-2,4-6,9,12-13,19H2,(H2,31,37)(H,32,35)/t20-,23+,26-/m1/s1. The molecule has 1 aliphatic heterocycles. The number of nitrogens with two attached hydrogens (primary N) is 1. The van der Waals surface area contributed by atoms with Crippen molar-refractivity contribution >= 4 is 17.4 Å². The molecule has 0 radical (unpaired) electrons. The lowest BCUT2D eigenvalue weighted by Gasteiger charge is -2.39. The van der Waals surface area contributed by atoms with Gasteiger partial charge in [0.2, 0.25) is 11.7 Å². The van der Waals surface area contributed by atoms with Crippen LogP contribution in [0.5, 0.6) is 0 Å². The third kappa shape index (κ3) is 6.05. The largest absolute Gasteiger partial charge is 0.369 e. The molecular weight excluding hydrogens is 462 g/mol. The van der Waals surface area contributed by atoms with E-state index in [2.05, 4.69) is 31.2 Å². The molecule has 3 atom stereocenters. The first-order chi connectivity index (χ1) is 18.1. The molecule has 3 heterocycles. The summed E-state index contributed by atoms with van der Waals surface area (Å²) in [6, 6.07) is 13.8. The van der Waals surface area contributed by atoms with Crippen LogP contribution in [0, 0.1) is 23.2 Å². The Morgan fingerprint density at radius 2 is 1.86 bits per heavy atom. The number of carbonyl (C=O) groups excluding carboxylic acids is 1. The molecule has 2 aromatic heterocycles. The lowest BCUT2D eigenvalue weighted by Crippen LogP contribution is -2.39. The molecular formula is C29H33N7O. The molecule has 1 aromatic carbocycles. The zero-order valence-corrected chi connectivity index (χ0v) is 21.0. The van der Waals surface area contributed by atoms with E-state index in [0.717, 1.165) is 48.6 Å². The molecule has 1 saturated heterocycles. The summed E-state index contributed by atoms with van der Waals surface area (Å²) in [5.74, 6) is 1.88. The van der Waals surface area contributed by atoms with Crippen LogP contribution in [0.2, 0.25) is 0 Å². The number of rotatable bonds is 7. The topological polar surface area (TPSA) is 121 Å². The van der Waals surface area contributed by atoms with Crippen molar-refractivity contribution in [2.45, 2.75) is 51.0 Å². The highest BCUT2D eigenvalue weighted by Gasteiger charge is 2.30. The number of benzene rings is 1. The average molecular weight is 496 g/mol. The van der Waals surface area contributed by atoms with E-state index < -0.39 is 5.91 Å². The van der Waals surface area contributed by atoms with Crippen LogP contribution in [-0.2, 0) is 0 Å². The van der Waals surface area contributed by atoms with Crippen LogP contribution in [0.1, 0.15) is 61.1 Å². The molecule has 5 rings (SSSR count). The maximum Gasteiger partial charge on any atom is 0.248 e. The van der Waals surface area contributed by atoms with Gasteiger partial charge in [0.05, 0.1) is 18.1 Å². The molecule has 2 aliphatic rings. The van der Waals surface area contributed by atoms with Gasteiger partial charge in [-0.15, -0.1) is 0 Å². The molecule has 3 N–H and O–H groups in total. The molecule has 190 valence electrons. The molecule has 8 nitrogen and oxygen atoms in total. The first kappa shape index (κ1) is 24.7. The Bertz CT molecular complexity index is 1270. The Hall–Kier alpha value is -3.99. The van der Waals surface area contributed by atoms with Crippen molar-refractivity contribution in [2.24, 2.45) is 17.6 Å². The Balaban J connectivity index is 1.25. The van der Waals surface area contributed by atoms with Gasteiger partial charge in [-0.25, -0.2) is 15.0 Å². The first-order valence-corrected chi connectivity index (χ1v) is 13.2. The van der Waals surface area contributed by atoms with Crippen molar-refractivity contribution in [1.82, 2.24) is 15.0 Å². The fourth-order valence-electron chi connectivity index (χ4n) is 5.87. The summed E-state index contributed by atoms with van der Waals surface area (Å²) in [5, 5.41) is 12.7. The van der Waals surface area contributed by atoms with Gasteiger partial charge in [0.1, 0.15) is 11.9 Å². The third-order valence-electron chi connectivity index (χ3n) is 7.74. The van der Waals surface area contributed by atoms with E-state index >= 15 is 0 Å². The minimum absolute atomic E-state index is 0.215. The number of hydrogen-bond donors (Lipinski definition) is 2. The number of nitrogens with one attached hydrogen (secondary N) is 1. The fourth-order valence-corrected chi connectivity index (χ4v) is 5.87. The van der Waals surface area contributed by atoms with Gasteiger partial charge >= 0.3 is 0 Å². The predicted molar refractivity (Wildman–Crippen MR) is 144 cm³/mol. The minimum atomic E-state index is -0.424. The van der Waals surface area contributed by atoms with E-state index in [-0.39, 0.29) is 5.82 Å². The molecule has 1 aliphatic carbocycles. The number of amides is 1. The molecule has 0 bridgehead atoms. The highest BCUT2D eigenvalue weighted by molar-refractivity contribution is 5.94. The Labute approximate surface area is 218 Å². The number of aromatic nitrogens is 3. The van der Waals surface area contributed by atoms with Gasteiger partial charge in [-0.1, -0.05) is 25.0 Å². The minimum Gasteiger partial charge on any atom is -0.369 e. The van der Waals surface area contributed by atoms with E-state index in [1.807, 2.05) is 36.5 Å². The van der Waals surface area contributed by atoms with Gasteiger partial charge in [0.25, 0.3) is 0 Å². The number of nitriles is 1. The van der Waals surface area contributed by atoms with Crippen LogP contribution in [0.15, 0.2) is 55.0 Å². The summed E-state index contributed by atoms with van der Waals surface area (Å²) in [6.45, 7) is 2.01. The molecule has 0 unspecified atom stereocenters. The van der Waals surface area contributed by atoms with Crippen LogP contribution >= 0.6 is 0 Å². The molecule has 37 heavy (non-hydrogen) atoms. The summed E-state index contributed by atoms with van der Waals surface area (Å²) < 4.78 is 0. The first-order valence-electron chi connectivity index (χ1n) is 13.2. The van der Waals surface area contributed by atoms with Crippen LogP contribution in [0.4, 0.5) is 11.5 Å². The molecule has 8 heteroatoms. The van der Waals surface area contributed by atoms with Crippen molar-refractivity contribution in [2.75, 3.05) is 23.3 Å². The second-order valence-electron chi connectivity index (χ2n) is 10.2. The summed E-state index contributed by atoms with van der Waals surface area (Å²) in [5.41, 5.74) is 8.95. The summed E-state index contributed by atoms with van der Waals surface area (Å²) in [7, 11) is 0. The van der Waals surface area contributed by atoms with E-state index in [9.17, 15) is 4.79 Å². The van der Waals surface area contributed by atoms with Crippen molar-refractivity contribution in [3.63, 3.8) is 0 Å². The number of hydrogen-bond acceptors (Lipinski definition) is 7. The second-order valence-corrected chi connectivity index (χ2v) is 10.2.